The van der Waals surface area contributed by atoms with E-state index in [0.717, 1.165) is 38.8 Å². The molecule has 1 heterocycles. The summed E-state index contributed by atoms with van der Waals surface area (Å²) in [4.78, 5) is 24.6. The fraction of sp³-hybridized carbons (Fsp3) is 0.818. The lowest BCUT2D eigenvalue weighted by atomic mass is 9.90. The molecule has 3 N–H and O–H groups in total. The topological polar surface area (TPSA) is 73.5 Å². The maximum atomic E-state index is 11.5. The van der Waals surface area contributed by atoms with Crippen LogP contribution < -0.4 is 16.0 Å². The molecule has 6 heteroatoms. The number of hydrogen-bond donors (Lipinski definition) is 3. The molecule has 4 amide bonds. The Balaban J connectivity index is 1.77. The summed E-state index contributed by atoms with van der Waals surface area (Å²) in [5.41, 5.74) is 0. The van der Waals surface area contributed by atoms with Gasteiger partial charge in [0.1, 0.15) is 0 Å². The normalized spacial score (nSPS) is 28.8. The quantitative estimate of drug-likeness (QED) is 0.647. The molecule has 1 aliphatic heterocycles. The van der Waals surface area contributed by atoms with Crippen LogP contribution in [-0.4, -0.2) is 49.2 Å². The van der Waals surface area contributed by atoms with Gasteiger partial charge in [-0.15, -0.1) is 0 Å². The Hall–Kier alpha value is -1.46. The van der Waals surface area contributed by atoms with Crippen molar-refractivity contribution in [2.24, 2.45) is 0 Å². The van der Waals surface area contributed by atoms with Crippen LogP contribution in [-0.2, 0) is 0 Å². The molecule has 0 aromatic carbocycles. The number of nitrogens with zero attached hydrogens (tertiary/aromatic N) is 1. The Morgan fingerprint density at radius 2 is 2.06 bits per heavy atom. The zero-order valence-electron chi connectivity index (χ0n) is 10.2. The van der Waals surface area contributed by atoms with E-state index in [2.05, 4.69) is 16.0 Å². The van der Waals surface area contributed by atoms with Gasteiger partial charge in [-0.2, -0.15) is 0 Å². The SMILES string of the molecule is CNC(=O)NC1CCC(N2CCNC2=O)CC1. The largest absolute Gasteiger partial charge is 0.341 e. The van der Waals surface area contributed by atoms with Gasteiger partial charge in [-0.25, -0.2) is 9.59 Å². The molecule has 6 nitrogen and oxygen atoms in total. The zero-order chi connectivity index (χ0) is 12.3. The van der Waals surface area contributed by atoms with Crippen molar-refractivity contribution in [1.82, 2.24) is 20.9 Å². The van der Waals surface area contributed by atoms with E-state index in [4.69, 9.17) is 0 Å². The van der Waals surface area contributed by atoms with E-state index in [1.807, 2.05) is 4.90 Å². The number of carbonyl (C=O) groups excluding carboxylic acids is 2. The van der Waals surface area contributed by atoms with Gasteiger partial charge in [0.15, 0.2) is 0 Å². The van der Waals surface area contributed by atoms with Gasteiger partial charge < -0.3 is 20.9 Å². The highest BCUT2D eigenvalue weighted by molar-refractivity contribution is 5.76. The first-order chi connectivity index (χ1) is 8.20. The average molecular weight is 240 g/mol. The second-order valence-electron chi connectivity index (χ2n) is 4.65. The molecule has 2 fully saturated rings. The molecule has 1 saturated carbocycles. The number of amides is 4. The number of nitrogens with one attached hydrogen (secondary N) is 3. The summed E-state index contributed by atoms with van der Waals surface area (Å²) in [7, 11) is 1.62. The van der Waals surface area contributed by atoms with E-state index in [1.165, 1.54) is 0 Å². The molecule has 1 aliphatic carbocycles. The Kier molecular flexibility index (Phi) is 3.71. The summed E-state index contributed by atoms with van der Waals surface area (Å²) in [6.45, 7) is 1.58. The van der Waals surface area contributed by atoms with E-state index in [1.54, 1.807) is 7.05 Å². The molecule has 2 rings (SSSR count). The maximum Gasteiger partial charge on any atom is 0.317 e. The lowest BCUT2D eigenvalue weighted by molar-refractivity contribution is 0.170. The summed E-state index contributed by atoms with van der Waals surface area (Å²) < 4.78 is 0. The van der Waals surface area contributed by atoms with Crippen molar-refractivity contribution in [3.63, 3.8) is 0 Å². The second kappa shape index (κ2) is 5.25. The second-order valence-corrected chi connectivity index (χ2v) is 4.65. The fourth-order valence-electron chi connectivity index (χ4n) is 2.62. The highest BCUT2D eigenvalue weighted by Gasteiger charge is 2.31. The molecule has 0 aromatic rings. The van der Waals surface area contributed by atoms with Crippen LogP contribution in [0, 0.1) is 0 Å². The third kappa shape index (κ3) is 2.81. The van der Waals surface area contributed by atoms with Crippen molar-refractivity contribution in [2.45, 2.75) is 37.8 Å². The van der Waals surface area contributed by atoms with Crippen molar-refractivity contribution < 1.29 is 9.59 Å². The van der Waals surface area contributed by atoms with Gasteiger partial charge in [0.2, 0.25) is 0 Å². The molecule has 17 heavy (non-hydrogen) atoms. The first-order valence-electron chi connectivity index (χ1n) is 6.23. The first kappa shape index (κ1) is 12.0. The maximum absolute atomic E-state index is 11.5. The fourth-order valence-corrected chi connectivity index (χ4v) is 2.62. The molecule has 0 bridgehead atoms. The van der Waals surface area contributed by atoms with Crippen molar-refractivity contribution in [3.05, 3.63) is 0 Å². The van der Waals surface area contributed by atoms with Gasteiger partial charge >= 0.3 is 12.1 Å². The Labute approximate surface area is 101 Å². The summed E-state index contributed by atoms with van der Waals surface area (Å²) in [6.07, 6.45) is 3.84. The third-order valence-corrected chi connectivity index (χ3v) is 3.59. The van der Waals surface area contributed by atoms with Gasteiger partial charge in [0, 0.05) is 32.2 Å². The predicted molar refractivity (Wildman–Crippen MR) is 63.7 cm³/mol. The number of urea groups is 2. The molecule has 0 aromatic heterocycles. The molecule has 96 valence electrons. The van der Waals surface area contributed by atoms with Crippen LogP contribution in [0.25, 0.3) is 0 Å². The van der Waals surface area contributed by atoms with Crippen LogP contribution in [0.15, 0.2) is 0 Å². The van der Waals surface area contributed by atoms with Gasteiger partial charge in [-0.05, 0) is 25.7 Å². The van der Waals surface area contributed by atoms with Crippen LogP contribution in [0.4, 0.5) is 9.59 Å². The minimum Gasteiger partial charge on any atom is -0.341 e. The number of rotatable bonds is 2. The predicted octanol–water partition coefficient (Wildman–Crippen LogP) is 0.252. The molecule has 0 spiro atoms. The van der Waals surface area contributed by atoms with Crippen LogP contribution >= 0.6 is 0 Å². The van der Waals surface area contributed by atoms with E-state index in [-0.39, 0.29) is 18.1 Å². The molecular formula is C11H20N4O2. The Morgan fingerprint density at radius 1 is 1.35 bits per heavy atom. The van der Waals surface area contributed by atoms with Crippen LogP contribution in [0.5, 0.6) is 0 Å². The van der Waals surface area contributed by atoms with Gasteiger partial charge in [0.25, 0.3) is 0 Å². The molecule has 1 saturated heterocycles. The summed E-state index contributed by atoms with van der Waals surface area (Å²) in [5, 5.41) is 8.31. The zero-order valence-corrected chi connectivity index (χ0v) is 10.2. The lowest BCUT2D eigenvalue weighted by Crippen LogP contribution is -2.46. The summed E-state index contributed by atoms with van der Waals surface area (Å²) >= 11 is 0. The van der Waals surface area contributed by atoms with Gasteiger partial charge in [-0.3, -0.25) is 0 Å². The van der Waals surface area contributed by atoms with E-state index in [9.17, 15) is 9.59 Å². The third-order valence-electron chi connectivity index (χ3n) is 3.59. The van der Waals surface area contributed by atoms with Crippen molar-refractivity contribution in [2.75, 3.05) is 20.1 Å². The van der Waals surface area contributed by atoms with Crippen molar-refractivity contribution in [1.29, 1.82) is 0 Å². The van der Waals surface area contributed by atoms with Crippen LogP contribution in [0.2, 0.25) is 0 Å². The first-order valence-corrected chi connectivity index (χ1v) is 6.23. The van der Waals surface area contributed by atoms with Crippen molar-refractivity contribution >= 4 is 12.1 Å². The van der Waals surface area contributed by atoms with E-state index >= 15 is 0 Å². The standard InChI is InChI=1S/C11H20N4O2/c1-12-10(16)14-8-2-4-9(5-3-8)15-7-6-13-11(15)17/h8-9H,2-7H2,1H3,(H,13,17)(H2,12,14,16). The highest BCUT2D eigenvalue weighted by Crippen LogP contribution is 2.24. The van der Waals surface area contributed by atoms with Crippen LogP contribution in [0.3, 0.4) is 0 Å². The van der Waals surface area contributed by atoms with Gasteiger partial charge in [0.05, 0.1) is 0 Å². The minimum absolute atomic E-state index is 0.0627. The number of hydrogen-bond acceptors (Lipinski definition) is 2. The molecular weight excluding hydrogens is 220 g/mol. The molecule has 0 unspecified atom stereocenters. The van der Waals surface area contributed by atoms with Gasteiger partial charge in [-0.1, -0.05) is 0 Å². The molecule has 2 aliphatic rings. The highest BCUT2D eigenvalue weighted by atomic mass is 16.2. The van der Waals surface area contributed by atoms with E-state index < -0.39 is 0 Å². The molecule has 0 radical (unpaired) electrons. The van der Waals surface area contributed by atoms with Crippen LogP contribution in [0.1, 0.15) is 25.7 Å². The Morgan fingerprint density at radius 3 is 2.59 bits per heavy atom. The molecule has 0 atom stereocenters. The average Bonchev–Trinajstić information content (AvgIpc) is 2.76. The Bertz CT molecular complexity index is 300. The minimum atomic E-state index is -0.118. The van der Waals surface area contributed by atoms with Crippen molar-refractivity contribution in [3.8, 4) is 0 Å². The van der Waals surface area contributed by atoms with E-state index in [0.29, 0.717) is 6.04 Å². The summed E-state index contributed by atoms with van der Waals surface area (Å²) in [6, 6.07) is 0.539. The smallest absolute Gasteiger partial charge is 0.317 e. The monoisotopic (exact) mass is 240 g/mol. The summed E-state index contributed by atoms with van der Waals surface area (Å²) in [5.74, 6) is 0. The number of carbonyl (C=O) groups is 2. The lowest BCUT2D eigenvalue weighted by Gasteiger charge is -2.34.